The van der Waals surface area contributed by atoms with Gasteiger partial charge in [0.05, 0.1) is 5.69 Å². The standard InChI is InChI=1S/C22H23N3/c1-14-6-4-9-20(15(14)2)25(3)22(23)24-19-13-12-17-11-10-16-7-5-8-18(19)21(16)17/h4-9,12-13H,10-11H2,1-3H3,(H2,23,24). The molecule has 0 spiro atoms. The normalized spacial score (nSPS) is 13.5. The largest absolute Gasteiger partial charge is 0.369 e. The van der Waals surface area contributed by atoms with E-state index in [2.05, 4.69) is 62.4 Å². The van der Waals surface area contributed by atoms with E-state index >= 15 is 0 Å². The molecule has 0 unspecified atom stereocenters. The number of guanidine groups is 1. The summed E-state index contributed by atoms with van der Waals surface area (Å²) in [5.74, 6) is 0.507. The average Bonchev–Trinajstić information content (AvgIpc) is 3.04. The van der Waals surface area contributed by atoms with Crippen molar-refractivity contribution in [3.63, 3.8) is 0 Å². The predicted octanol–water partition coefficient (Wildman–Crippen LogP) is 4.64. The quantitative estimate of drug-likeness (QED) is 0.550. The molecule has 4 rings (SSSR count). The highest BCUT2D eigenvalue weighted by Crippen LogP contribution is 2.36. The molecule has 3 aromatic rings. The average molecular weight is 329 g/mol. The van der Waals surface area contributed by atoms with Gasteiger partial charge in [-0.15, -0.1) is 0 Å². The monoisotopic (exact) mass is 329 g/mol. The Labute approximate surface area is 148 Å². The summed E-state index contributed by atoms with van der Waals surface area (Å²) in [5.41, 5.74) is 13.7. The number of hydrogen-bond acceptors (Lipinski definition) is 1. The third-order valence-electron chi connectivity index (χ3n) is 5.37. The van der Waals surface area contributed by atoms with E-state index in [1.165, 1.54) is 33.0 Å². The van der Waals surface area contributed by atoms with E-state index in [0.717, 1.165) is 24.2 Å². The molecule has 3 nitrogen and oxygen atoms in total. The number of anilines is 1. The maximum Gasteiger partial charge on any atom is 0.200 e. The van der Waals surface area contributed by atoms with E-state index in [1.54, 1.807) is 0 Å². The van der Waals surface area contributed by atoms with Gasteiger partial charge < -0.3 is 10.6 Å². The first-order valence-corrected chi connectivity index (χ1v) is 8.74. The van der Waals surface area contributed by atoms with E-state index in [9.17, 15) is 0 Å². The van der Waals surface area contributed by atoms with Crippen LogP contribution in [0.15, 0.2) is 53.5 Å². The Bertz CT molecular complexity index is 991. The molecule has 0 saturated carbocycles. The fourth-order valence-corrected chi connectivity index (χ4v) is 3.75. The number of aliphatic imine (C=N–C) groups is 1. The Hall–Kier alpha value is -2.81. The summed E-state index contributed by atoms with van der Waals surface area (Å²) in [7, 11) is 1.97. The number of benzene rings is 3. The molecule has 0 fully saturated rings. The minimum Gasteiger partial charge on any atom is -0.369 e. The smallest absolute Gasteiger partial charge is 0.200 e. The van der Waals surface area contributed by atoms with Crippen LogP contribution < -0.4 is 10.6 Å². The maximum atomic E-state index is 6.36. The van der Waals surface area contributed by atoms with Crippen LogP contribution >= 0.6 is 0 Å². The molecule has 2 N–H and O–H groups in total. The molecule has 0 radical (unpaired) electrons. The fraction of sp³-hybridized carbons (Fsp3) is 0.227. The van der Waals surface area contributed by atoms with Crippen LogP contribution in [0.4, 0.5) is 11.4 Å². The van der Waals surface area contributed by atoms with Gasteiger partial charge in [-0.1, -0.05) is 36.4 Å². The van der Waals surface area contributed by atoms with Crippen LogP contribution in [0.3, 0.4) is 0 Å². The van der Waals surface area contributed by atoms with Crippen LogP contribution in [-0.4, -0.2) is 13.0 Å². The minimum atomic E-state index is 0.507. The van der Waals surface area contributed by atoms with Gasteiger partial charge in [-0.2, -0.15) is 0 Å². The first-order valence-electron chi connectivity index (χ1n) is 8.74. The van der Waals surface area contributed by atoms with Gasteiger partial charge in [-0.05, 0) is 66.5 Å². The molecule has 1 aliphatic carbocycles. The highest BCUT2D eigenvalue weighted by Gasteiger charge is 2.16. The zero-order valence-electron chi connectivity index (χ0n) is 15.0. The molecule has 0 bridgehead atoms. The lowest BCUT2D eigenvalue weighted by Crippen LogP contribution is -2.34. The number of rotatable bonds is 2. The Morgan fingerprint density at radius 3 is 2.48 bits per heavy atom. The third-order valence-corrected chi connectivity index (χ3v) is 5.37. The molecule has 0 amide bonds. The van der Waals surface area contributed by atoms with Crippen molar-refractivity contribution in [1.29, 1.82) is 0 Å². The highest BCUT2D eigenvalue weighted by atomic mass is 15.2. The minimum absolute atomic E-state index is 0.507. The third kappa shape index (κ3) is 2.56. The predicted molar refractivity (Wildman–Crippen MR) is 107 cm³/mol. The van der Waals surface area contributed by atoms with E-state index in [0.29, 0.717) is 5.96 Å². The molecule has 0 aliphatic heterocycles. The van der Waals surface area contributed by atoms with Gasteiger partial charge in [-0.3, -0.25) is 0 Å². The van der Waals surface area contributed by atoms with Crippen molar-refractivity contribution in [2.75, 3.05) is 11.9 Å². The summed E-state index contributed by atoms with van der Waals surface area (Å²) in [6.45, 7) is 4.23. The van der Waals surface area contributed by atoms with E-state index in [4.69, 9.17) is 10.7 Å². The van der Waals surface area contributed by atoms with Gasteiger partial charge in [0.25, 0.3) is 0 Å². The van der Waals surface area contributed by atoms with Crippen LogP contribution in [0.25, 0.3) is 10.8 Å². The highest BCUT2D eigenvalue weighted by molar-refractivity contribution is 6.03. The van der Waals surface area contributed by atoms with Crippen LogP contribution in [0.2, 0.25) is 0 Å². The summed E-state index contributed by atoms with van der Waals surface area (Å²) in [5, 5.41) is 2.57. The Balaban J connectivity index is 1.79. The summed E-state index contributed by atoms with van der Waals surface area (Å²) in [6, 6.07) is 17.0. The molecule has 3 heteroatoms. The van der Waals surface area contributed by atoms with Gasteiger partial charge in [0, 0.05) is 18.1 Å². The first-order chi connectivity index (χ1) is 12.1. The van der Waals surface area contributed by atoms with Crippen molar-refractivity contribution in [2.24, 2.45) is 10.7 Å². The molecule has 3 aromatic carbocycles. The Morgan fingerprint density at radius 1 is 0.960 bits per heavy atom. The van der Waals surface area contributed by atoms with Crippen LogP contribution in [-0.2, 0) is 12.8 Å². The summed E-state index contributed by atoms with van der Waals surface area (Å²) in [4.78, 5) is 6.73. The van der Waals surface area contributed by atoms with E-state index in [-0.39, 0.29) is 0 Å². The fourth-order valence-electron chi connectivity index (χ4n) is 3.75. The second-order valence-corrected chi connectivity index (χ2v) is 6.83. The summed E-state index contributed by atoms with van der Waals surface area (Å²) in [6.07, 6.45) is 2.25. The molecule has 0 atom stereocenters. The van der Waals surface area contributed by atoms with Crippen molar-refractivity contribution in [1.82, 2.24) is 0 Å². The van der Waals surface area contributed by atoms with E-state index < -0.39 is 0 Å². The zero-order valence-corrected chi connectivity index (χ0v) is 15.0. The van der Waals surface area contributed by atoms with Gasteiger partial charge in [0.15, 0.2) is 0 Å². The Kier molecular flexibility index (Phi) is 3.72. The molecular weight excluding hydrogens is 306 g/mol. The molecule has 0 aromatic heterocycles. The summed E-state index contributed by atoms with van der Waals surface area (Å²) >= 11 is 0. The molecular formula is C22H23N3. The lowest BCUT2D eigenvalue weighted by Gasteiger charge is -2.21. The topological polar surface area (TPSA) is 41.6 Å². The Morgan fingerprint density at radius 2 is 1.68 bits per heavy atom. The molecule has 126 valence electrons. The van der Waals surface area contributed by atoms with Crippen LogP contribution in [0.5, 0.6) is 0 Å². The first kappa shape index (κ1) is 15.7. The van der Waals surface area contributed by atoms with Crippen molar-refractivity contribution >= 4 is 28.1 Å². The maximum absolute atomic E-state index is 6.36. The number of nitrogens with zero attached hydrogens (tertiary/aromatic N) is 2. The van der Waals surface area contributed by atoms with Crippen molar-refractivity contribution in [3.05, 3.63) is 70.8 Å². The lowest BCUT2D eigenvalue weighted by atomic mass is 10.0. The van der Waals surface area contributed by atoms with Crippen LogP contribution in [0, 0.1) is 13.8 Å². The van der Waals surface area contributed by atoms with Crippen molar-refractivity contribution in [3.8, 4) is 0 Å². The van der Waals surface area contributed by atoms with E-state index in [1.807, 2.05) is 11.9 Å². The van der Waals surface area contributed by atoms with Gasteiger partial charge >= 0.3 is 0 Å². The summed E-state index contributed by atoms with van der Waals surface area (Å²) < 4.78 is 0. The van der Waals surface area contributed by atoms with Gasteiger partial charge in [-0.25, -0.2) is 4.99 Å². The number of hydrogen-bond donors (Lipinski definition) is 1. The second-order valence-electron chi connectivity index (χ2n) is 6.83. The molecule has 25 heavy (non-hydrogen) atoms. The van der Waals surface area contributed by atoms with Crippen molar-refractivity contribution < 1.29 is 0 Å². The SMILES string of the molecule is Cc1cccc(N(C)C(N)=Nc2ccc3c4c(cccc24)CC3)c1C. The molecule has 1 aliphatic rings. The lowest BCUT2D eigenvalue weighted by molar-refractivity contribution is 1.02. The molecule has 0 saturated heterocycles. The van der Waals surface area contributed by atoms with Gasteiger partial charge in [0.1, 0.15) is 0 Å². The van der Waals surface area contributed by atoms with Gasteiger partial charge in [0.2, 0.25) is 5.96 Å². The number of aryl methyl sites for hydroxylation is 3. The molecule has 0 heterocycles. The number of nitrogens with two attached hydrogens (primary N) is 1. The zero-order chi connectivity index (χ0) is 17.6. The van der Waals surface area contributed by atoms with Crippen LogP contribution in [0.1, 0.15) is 22.3 Å². The second kappa shape index (κ2) is 5.92. The van der Waals surface area contributed by atoms with Crippen molar-refractivity contribution in [2.45, 2.75) is 26.7 Å².